The molecule has 0 rings (SSSR count). The van der Waals surface area contributed by atoms with Gasteiger partial charge in [-0.1, -0.05) is 33.6 Å². The molecule has 1 amide bonds. The van der Waals surface area contributed by atoms with Crippen LogP contribution in [0.4, 0.5) is 0 Å². The van der Waals surface area contributed by atoms with Crippen LogP contribution in [0.15, 0.2) is 0 Å². The minimum atomic E-state index is -0.893. The Kier molecular flexibility index (Phi) is 8.40. The van der Waals surface area contributed by atoms with Gasteiger partial charge in [-0.05, 0) is 12.3 Å². The Morgan fingerprint density at radius 3 is 2.41 bits per heavy atom. The van der Waals surface area contributed by atoms with Gasteiger partial charge in [0.05, 0.1) is 6.54 Å². The molecule has 5 nitrogen and oxygen atoms in total. The van der Waals surface area contributed by atoms with Crippen LogP contribution in [0.3, 0.4) is 0 Å². The van der Waals surface area contributed by atoms with Crippen molar-refractivity contribution in [3.63, 3.8) is 0 Å². The molecule has 3 N–H and O–H groups in total. The van der Waals surface area contributed by atoms with Gasteiger partial charge in [-0.3, -0.25) is 14.9 Å². The molecule has 5 heteroatoms. The summed E-state index contributed by atoms with van der Waals surface area (Å²) >= 11 is 0. The maximum absolute atomic E-state index is 11.4. The summed E-state index contributed by atoms with van der Waals surface area (Å²) in [6, 6.07) is -0.625. The highest BCUT2D eigenvalue weighted by Gasteiger charge is 2.16. The largest absolute Gasteiger partial charge is 0.480 e. The first-order chi connectivity index (χ1) is 7.97. The van der Waals surface area contributed by atoms with Crippen molar-refractivity contribution in [3.8, 4) is 0 Å². The van der Waals surface area contributed by atoms with Gasteiger partial charge < -0.3 is 10.4 Å². The molecule has 17 heavy (non-hydrogen) atoms. The van der Waals surface area contributed by atoms with E-state index in [2.05, 4.69) is 10.6 Å². The molecule has 100 valence electrons. The monoisotopic (exact) mass is 244 g/mol. The molecule has 0 aromatic carbocycles. The lowest BCUT2D eigenvalue weighted by Crippen LogP contribution is -2.43. The molecule has 0 fully saturated rings. The molecule has 0 aliphatic heterocycles. The van der Waals surface area contributed by atoms with E-state index in [4.69, 9.17) is 5.11 Å². The Balaban J connectivity index is 3.87. The minimum Gasteiger partial charge on any atom is -0.480 e. The number of unbranched alkanes of at least 4 members (excludes halogenated alkanes) is 1. The van der Waals surface area contributed by atoms with Crippen molar-refractivity contribution < 1.29 is 14.7 Å². The molecule has 0 saturated carbocycles. The third-order valence-electron chi connectivity index (χ3n) is 2.36. The molecular formula is C12H24N2O3. The number of rotatable bonds is 9. The summed E-state index contributed by atoms with van der Waals surface area (Å²) in [5.74, 6) is -0.647. The highest BCUT2D eigenvalue weighted by molar-refractivity contribution is 5.79. The number of carbonyl (C=O) groups excluding carboxylic acids is 1. The fourth-order valence-electron chi connectivity index (χ4n) is 1.32. The molecule has 0 aliphatic rings. The van der Waals surface area contributed by atoms with Crippen molar-refractivity contribution in [2.24, 2.45) is 5.92 Å². The van der Waals surface area contributed by atoms with Gasteiger partial charge in [-0.25, -0.2) is 0 Å². The molecular weight excluding hydrogens is 220 g/mol. The molecule has 1 unspecified atom stereocenters. The zero-order valence-electron chi connectivity index (χ0n) is 11.0. The first-order valence-electron chi connectivity index (χ1n) is 6.20. The predicted molar refractivity (Wildman–Crippen MR) is 66.8 cm³/mol. The number of hydrogen-bond acceptors (Lipinski definition) is 3. The number of amides is 1. The standard InChI is InChI=1S/C12H24N2O3/c1-4-5-6-10(12(16)17)13-8-11(15)14-7-9(2)3/h9-10,13H,4-8H2,1-3H3,(H,14,15)(H,16,17). The Morgan fingerprint density at radius 2 is 1.94 bits per heavy atom. The average molecular weight is 244 g/mol. The van der Waals surface area contributed by atoms with Gasteiger partial charge in [0.25, 0.3) is 0 Å². The lowest BCUT2D eigenvalue weighted by atomic mass is 10.1. The van der Waals surface area contributed by atoms with E-state index < -0.39 is 12.0 Å². The molecule has 0 saturated heterocycles. The topological polar surface area (TPSA) is 78.4 Å². The third-order valence-corrected chi connectivity index (χ3v) is 2.36. The molecule has 0 aromatic heterocycles. The van der Waals surface area contributed by atoms with E-state index in [0.29, 0.717) is 18.9 Å². The lowest BCUT2D eigenvalue weighted by molar-refractivity contribution is -0.139. The van der Waals surface area contributed by atoms with Crippen LogP contribution < -0.4 is 10.6 Å². The summed E-state index contributed by atoms with van der Waals surface area (Å²) in [4.78, 5) is 22.3. The van der Waals surface area contributed by atoms with E-state index in [-0.39, 0.29) is 12.5 Å². The second kappa shape index (κ2) is 8.98. The fraction of sp³-hybridized carbons (Fsp3) is 0.833. The number of carboxylic acids is 1. The number of aliphatic carboxylic acids is 1. The maximum Gasteiger partial charge on any atom is 0.320 e. The molecule has 0 bridgehead atoms. The van der Waals surface area contributed by atoms with Crippen LogP contribution in [0.2, 0.25) is 0 Å². The maximum atomic E-state index is 11.4. The first kappa shape index (κ1) is 15.9. The highest BCUT2D eigenvalue weighted by Crippen LogP contribution is 2.00. The summed E-state index contributed by atoms with van der Waals surface area (Å²) in [5.41, 5.74) is 0. The summed E-state index contributed by atoms with van der Waals surface area (Å²) in [5, 5.41) is 14.4. The lowest BCUT2D eigenvalue weighted by Gasteiger charge is -2.14. The zero-order chi connectivity index (χ0) is 13.3. The van der Waals surface area contributed by atoms with Gasteiger partial charge in [-0.2, -0.15) is 0 Å². The van der Waals surface area contributed by atoms with Crippen LogP contribution in [0.25, 0.3) is 0 Å². The van der Waals surface area contributed by atoms with E-state index in [0.717, 1.165) is 12.8 Å². The van der Waals surface area contributed by atoms with Gasteiger partial charge in [0.2, 0.25) is 5.91 Å². The van der Waals surface area contributed by atoms with Gasteiger partial charge in [0.15, 0.2) is 0 Å². The van der Waals surface area contributed by atoms with E-state index >= 15 is 0 Å². The highest BCUT2D eigenvalue weighted by atomic mass is 16.4. The SMILES string of the molecule is CCCCC(NCC(=O)NCC(C)C)C(=O)O. The van der Waals surface area contributed by atoms with Crippen molar-refractivity contribution in [1.82, 2.24) is 10.6 Å². The van der Waals surface area contributed by atoms with Crippen molar-refractivity contribution in [3.05, 3.63) is 0 Å². The molecule has 0 aliphatic carbocycles. The summed E-state index contributed by atoms with van der Waals surface area (Å²) in [7, 11) is 0. The normalized spacial score (nSPS) is 12.5. The molecule has 1 atom stereocenters. The predicted octanol–water partition coefficient (Wildman–Crippen LogP) is 0.992. The second-order valence-electron chi connectivity index (χ2n) is 4.61. The molecule has 0 heterocycles. The van der Waals surface area contributed by atoms with Crippen LogP contribution in [-0.2, 0) is 9.59 Å². The number of carboxylic acid groups (broad SMARTS) is 1. The van der Waals surface area contributed by atoms with Crippen molar-refractivity contribution in [2.45, 2.75) is 46.1 Å². The average Bonchev–Trinajstić information content (AvgIpc) is 2.25. The van der Waals surface area contributed by atoms with Crippen molar-refractivity contribution >= 4 is 11.9 Å². The van der Waals surface area contributed by atoms with E-state index in [9.17, 15) is 9.59 Å². The van der Waals surface area contributed by atoms with Gasteiger partial charge in [0, 0.05) is 6.54 Å². The van der Waals surface area contributed by atoms with Gasteiger partial charge in [-0.15, -0.1) is 0 Å². The van der Waals surface area contributed by atoms with Crippen LogP contribution in [0.5, 0.6) is 0 Å². The third kappa shape index (κ3) is 8.68. The fourth-order valence-corrected chi connectivity index (χ4v) is 1.32. The smallest absolute Gasteiger partial charge is 0.320 e. The van der Waals surface area contributed by atoms with E-state index in [1.807, 2.05) is 20.8 Å². The Morgan fingerprint density at radius 1 is 1.29 bits per heavy atom. The Bertz CT molecular complexity index is 242. The Hall–Kier alpha value is -1.10. The number of hydrogen-bond donors (Lipinski definition) is 3. The van der Waals surface area contributed by atoms with Crippen LogP contribution >= 0.6 is 0 Å². The summed E-state index contributed by atoms with van der Waals surface area (Å²) < 4.78 is 0. The van der Waals surface area contributed by atoms with Gasteiger partial charge in [0.1, 0.15) is 6.04 Å². The van der Waals surface area contributed by atoms with E-state index in [1.54, 1.807) is 0 Å². The first-order valence-corrected chi connectivity index (χ1v) is 6.20. The number of nitrogens with one attached hydrogen (secondary N) is 2. The zero-order valence-corrected chi connectivity index (χ0v) is 11.0. The number of carbonyl (C=O) groups is 2. The molecule has 0 spiro atoms. The summed E-state index contributed by atoms with van der Waals surface area (Å²) in [6.07, 6.45) is 2.35. The van der Waals surface area contributed by atoms with E-state index in [1.165, 1.54) is 0 Å². The molecule has 0 radical (unpaired) electrons. The Labute approximate surface area is 103 Å². The minimum absolute atomic E-state index is 0.0629. The van der Waals surface area contributed by atoms with Crippen molar-refractivity contribution in [2.75, 3.05) is 13.1 Å². The second-order valence-corrected chi connectivity index (χ2v) is 4.61. The van der Waals surface area contributed by atoms with Crippen molar-refractivity contribution in [1.29, 1.82) is 0 Å². The quantitative estimate of drug-likeness (QED) is 0.565. The van der Waals surface area contributed by atoms with Crippen LogP contribution in [-0.4, -0.2) is 36.1 Å². The summed E-state index contributed by atoms with van der Waals surface area (Å²) in [6.45, 7) is 6.71. The van der Waals surface area contributed by atoms with Crippen LogP contribution in [0.1, 0.15) is 40.0 Å². The van der Waals surface area contributed by atoms with Gasteiger partial charge >= 0.3 is 5.97 Å². The van der Waals surface area contributed by atoms with Crippen LogP contribution in [0, 0.1) is 5.92 Å². The molecule has 0 aromatic rings.